The second-order valence-electron chi connectivity index (χ2n) is 9.13. The highest BCUT2D eigenvalue weighted by molar-refractivity contribution is 6.18. The van der Waals surface area contributed by atoms with Gasteiger partial charge < -0.3 is 24.0 Å². The van der Waals surface area contributed by atoms with Gasteiger partial charge >= 0.3 is 0 Å². The number of carbonyl (C=O) groups is 3. The Morgan fingerprint density at radius 3 is 2.50 bits per heavy atom. The van der Waals surface area contributed by atoms with Crippen molar-refractivity contribution in [2.24, 2.45) is 0 Å². The van der Waals surface area contributed by atoms with Crippen molar-refractivity contribution >= 4 is 23.4 Å². The third-order valence-corrected chi connectivity index (χ3v) is 7.14. The van der Waals surface area contributed by atoms with E-state index in [1.807, 2.05) is 29.2 Å². The van der Waals surface area contributed by atoms with Crippen LogP contribution < -0.4 is 14.4 Å². The van der Waals surface area contributed by atoms with Crippen LogP contribution in [0, 0.1) is 0 Å². The molecule has 0 spiro atoms. The molecule has 0 N–H and O–H groups in total. The third-order valence-electron chi connectivity index (χ3n) is 7.14. The van der Waals surface area contributed by atoms with Gasteiger partial charge in [-0.25, -0.2) is 0 Å². The fourth-order valence-corrected chi connectivity index (χ4v) is 5.36. The molecule has 190 valence electrons. The molecule has 1 fully saturated rings. The van der Waals surface area contributed by atoms with E-state index in [1.165, 1.54) is 14.2 Å². The predicted molar refractivity (Wildman–Crippen MR) is 132 cm³/mol. The van der Waals surface area contributed by atoms with Gasteiger partial charge in [0.25, 0.3) is 11.8 Å². The summed E-state index contributed by atoms with van der Waals surface area (Å²) in [6.07, 6.45) is 2.23. The van der Waals surface area contributed by atoms with E-state index in [4.69, 9.17) is 14.2 Å². The molecule has 0 radical (unpaired) electrons. The van der Waals surface area contributed by atoms with Gasteiger partial charge in [0.15, 0.2) is 11.5 Å². The summed E-state index contributed by atoms with van der Waals surface area (Å²) in [5.41, 5.74) is 2.25. The number of methoxy groups -OCH3 is 2. The van der Waals surface area contributed by atoms with Crippen molar-refractivity contribution in [3.8, 4) is 11.5 Å². The summed E-state index contributed by atoms with van der Waals surface area (Å²) < 4.78 is 16.3. The summed E-state index contributed by atoms with van der Waals surface area (Å²) in [5.74, 6) is 0.684. The molecule has 2 aromatic rings. The zero-order valence-corrected chi connectivity index (χ0v) is 20.7. The first-order chi connectivity index (χ1) is 17.6. The molecule has 0 unspecified atom stereocenters. The van der Waals surface area contributed by atoms with Crippen LogP contribution in [-0.4, -0.2) is 74.6 Å². The minimum Gasteiger partial charge on any atom is -0.493 e. The summed E-state index contributed by atoms with van der Waals surface area (Å²) in [6, 6.07) is 10.8. The minimum atomic E-state index is -0.551. The van der Waals surface area contributed by atoms with Crippen LogP contribution in [-0.2, 0) is 9.53 Å². The molecule has 5 rings (SSSR count). The number of benzene rings is 2. The zero-order valence-electron chi connectivity index (χ0n) is 20.7. The molecule has 0 saturated carbocycles. The second kappa shape index (κ2) is 10.2. The number of hydrogen-bond acceptors (Lipinski definition) is 6. The highest BCUT2D eigenvalue weighted by atomic mass is 16.5. The first kappa shape index (κ1) is 24.1. The SMILES string of the molecule is COc1ccc2c(c1OC)C(=O)N1c3ccccc3C(=O)N(CCCCCC(=O)N3CCOCC3)[C@H]21. The van der Waals surface area contributed by atoms with E-state index >= 15 is 0 Å². The lowest BCUT2D eigenvalue weighted by atomic mass is 10.0. The van der Waals surface area contributed by atoms with E-state index in [1.54, 1.807) is 21.9 Å². The lowest BCUT2D eigenvalue weighted by Crippen LogP contribution is -2.48. The van der Waals surface area contributed by atoms with Gasteiger partial charge in [0.2, 0.25) is 5.91 Å². The van der Waals surface area contributed by atoms with Crippen molar-refractivity contribution in [3.63, 3.8) is 0 Å². The number of ether oxygens (including phenoxy) is 3. The molecule has 3 aliphatic rings. The molecule has 3 aliphatic heterocycles. The van der Waals surface area contributed by atoms with Gasteiger partial charge in [-0.1, -0.05) is 24.6 Å². The molecule has 9 heteroatoms. The number of carbonyl (C=O) groups excluding carboxylic acids is 3. The van der Waals surface area contributed by atoms with Crippen molar-refractivity contribution in [1.82, 2.24) is 9.80 Å². The van der Waals surface area contributed by atoms with Gasteiger partial charge in [0.05, 0.1) is 44.2 Å². The van der Waals surface area contributed by atoms with Crippen LogP contribution in [0.5, 0.6) is 11.5 Å². The molecular formula is C27H31N3O6. The standard InChI is InChI=1S/C27H31N3O6/c1-34-21-12-11-19-23(24(21)35-2)27(33)30-20-9-6-5-8-18(20)26(32)29(25(19)30)13-7-3-4-10-22(31)28-14-16-36-17-15-28/h5-6,8-9,11-12,25H,3-4,7,10,13-17H2,1-2H3/t25-/m0/s1. The van der Waals surface area contributed by atoms with Crippen molar-refractivity contribution in [3.05, 3.63) is 53.1 Å². The van der Waals surface area contributed by atoms with Gasteiger partial charge in [0, 0.05) is 31.6 Å². The number of rotatable bonds is 8. The van der Waals surface area contributed by atoms with Gasteiger partial charge in [-0.2, -0.15) is 0 Å². The molecule has 36 heavy (non-hydrogen) atoms. The number of nitrogens with zero attached hydrogens (tertiary/aromatic N) is 3. The Balaban J connectivity index is 1.35. The fraction of sp³-hybridized carbons (Fsp3) is 0.444. The molecule has 3 heterocycles. The Morgan fingerprint density at radius 2 is 1.75 bits per heavy atom. The van der Waals surface area contributed by atoms with Crippen LogP contribution in [0.25, 0.3) is 0 Å². The maximum absolute atomic E-state index is 13.7. The van der Waals surface area contributed by atoms with Gasteiger partial charge in [-0.05, 0) is 31.0 Å². The minimum absolute atomic E-state index is 0.105. The fourth-order valence-electron chi connectivity index (χ4n) is 5.36. The molecule has 1 saturated heterocycles. The monoisotopic (exact) mass is 493 g/mol. The van der Waals surface area contributed by atoms with Crippen LogP contribution in [0.15, 0.2) is 36.4 Å². The predicted octanol–water partition coefficient (Wildman–Crippen LogP) is 3.24. The van der Waals surface area contributed by atoms with Gasteiger partial charge in [0.1, 0.15) is 6.17 Å². The maximum Gasteiger partial charge on any atom is 0.264 e. The van der Waals surface area contributed by atoms with Crippen LogP contribution in [0.4, 0.5) is 5.69 Å². The Labute approximate surface area is 210 Å². The number of amides is 3. The van der Waals surface area contributed by atoms with Gasteiger partial charge in [-0.15, -0.1) is 0 Å². The lowest BCUT2D eigenvalue weighted by Gasteiger charge is -2.41. The van der Waals surface area contributed by atoms with E-state index in [0.717, 1.165) is 24.8 Å². The van der Waals surface area contributed by atoms with Crippen LogP contribution >= 0.6 is 0 Å². The number of morpholine rings is 1. The third kappa shape index (κ3) is 4.07. The van der Waals surface area contributed by atoms with Crippen molar-refractivity contribution in [2.45, 2.75) is 31.8 Å². The molecule has 1 atom stereocenters. The van der Waals surface area contributed by atoms with Crippen molar-refractivity contribution in [2.75, 3.05) is 52.0 Å². The molecule has 2 aromatic carbocycles. The first-order valence-corrected chi connectivity index (χ1v) is 12.4. The Bertz CT molecular complexity index is 1180. The normalized spacial score (nSPS) is 18.6. The zero-order chi connectivity index (χ0) is 25.2. The Kier molecular flexibility index (Phi) is 6.82. The summed E-state index contributed by atoms with van der Waals surface area (Å²) in [7, 11) is 3.05. The number of unbranched alkanes of at least 4 members (excludes halogenated alkanes) is 2. The summed E-state index contributed by atoms with van der Waals surface area (Å²) >= 11 is 0. The topological polar surface area (TPSA) is 88.6 Å². The maximum atomic E-state index is 13.7. The smallest absolute Gasteiger partial charge is 0.264 e. The highest BCUT2D eigenvalue weighted by Crippen LogP contribution is 2.49. The van der Waals surface area contributed by atoms with Crippen LogP contribution in [0.1, 0.15) is 58.1 Å². The number of para-hydroxylation sites is 1. The summed E-state index contributed by atoms with van der Waals surface area (Å²) in [6.45, 7) is 2.97. The first-order valence-electron chi connectivity index (χ1n) is 12.4. The summed E-state index contributed by atoms with van der Waals surface area (Å²) in [4.78, 5) is 45.0. The molecule has 0 bridgehead atoms. The second-order valence-corrected chi connectivity index (χ2v) is 9.13. The van der Waals surface area contributed by atoms with E-state index < -0.39 is 6.17 Å². The molecule has 3 amide bonds. The summed E-state index contributed by atoms with van der Waals surface area (Å²) in [5, 5.41) is 0. The largest absolute Gasteiger partial charge is 0.493 e. The molecule has 0 aromatic heterocycles. The van der Waals surface area contributed by atoms with E-state index in [0.29, 0.717) is 67.6 Å². The highest BCUT2D eigenvalue weighted by Gasteiger charge is 2.49. The number of hydrogen-bond donors (Lipinski definition) is 0. The van der Waals surface area contributed by atoms with E-state index in [9.17, 15) is 14.4 Å². The van der Waals surface area contributed by atoms with Crippen molar-refractivity contribution in [1.29, 1.82) is 0 Å². The average Bonchev–Trinajstić information content (AvgIpc) is 3.22. The Hall–Kier alpha value is -3.59. The van der Waals surface area contributed by atoms with Crippen molar-refractivity contribution < 1.29 is 28.6 Å². The van der Waals surface area contributed by atoms with Crippen LogP contribution in [0.3, 0.4) is 0 Å². The lowest BCUT2D eigenvalue weighted by molar-refractivity contribution is -0.135. The van der Waals surface area contributed by atoms with E-state index in [-0.39, 0.29) is 17.7 Å². The molecule has 9 nitrogen and oxygen atoms in total. The van der Waals surface area contributed by atoms with Gasteiger partial charge in [-0.3, -0.25) is 19.3 Å². The quantitative estimate of drug-likeness (QED) is 0.525. The molecular weight excluding hydrogens is 462 g/mol. The Morgan fingerprint density at radius 1 is 0.972 bits per heavy atom. The van der Waals surface area contributed by atoms with Crippen LogP contribution in [0.2, 0.25) is 0 Å². The number of fused-ring (bicyclic) bond motifs is 5. The molecule has 0 aliphatic carbocycles. The van der Waals surface area contributed by atoms with E-state index in [2.05, 4.69) is 0 Å². The average molecular weight is 494 g/mol. The number of anilines is 1.